The lowest BCUT2D eigenvalue weighted by molar-refractivity contribution is 0.0985. The number of hydrogen-bond acceptors (Lipinski definition) is 3. The molecule has 3 rings (SSSR count). The largest absolute Gasteiger partial charge is 0.491 e. The van der Waals surface area contributed by atoms with Crippen LogP contribution in [0.4, 0.5) is 5.69 Å². The number of para-hydroxylation sites is 1. The minimum Gasteiger partial charge on any atom is -0.491 e. The number of fused-ring (bicyclic) bond motifs is 1. The molecule has 0 aromatic heterocycles. The van der Waals surface area contributed by atoms with Gasteiger partial charge in [0.15, 0.2) is 0 Å². The SMILES string of the molecule is COCCOc1ccc(C(=O)N2CCCc3ccccc32)cc1. The molecule has 4 heteroatoms. The molecule has 1 aliphatic rings. The van der Waals surface area contributed by atoms with E-state index in [4.69, 9.17) is 9.47 Å². The van der Waals surface area contributed by atoms with E-state index in [-0.39, 0.29) is 5.91 Å². The molecule has 120 valence electrons. The van der Waals surface area contributed by atoms with Crippen molar-refractivity contribution >= 4 is 11.6 Å². The van der Waals surface area contributed by atoms with Crippen molar-refractivity contribution in [3.63, 3.8) is 0 Å². The number of ether oxygens (including phenoxy) is 2. The Kier molecular flexibility index (Phi) is 4.93. The average Bonchev–Trinajstić information content (AvgIpc) is 2.61. The molecular formula is C19H21NO3. The molecule has 0 saturated carbocycles. The Hall–Kier alpha value is -2.33. The van der Waals surface area contributed by atoms with Gasteiger partial charge in [0.05, 0.1) is 6.61 Å². The van der Waals surface area contributed by atoms with Crippen LogP contribution in [0.5, 0.6) is 5.75 Å². The minimum absolute atomic E-state index is 0.0422. The summed E-state index contributed by atoms with van der Waals surface area (Å²) in [6.45, 7) is 1.82. The topological polar surface area (TPSA) is 38.8 Å². The van der Waals surface area contributed by atoms with Crippen LogP contribution in [0.2, 0.25) is 0 Å². The normalized spacial score (nSPS) is 13.5. The van der Waals surface area contributed by atoms with Crippen LogP contribution in [0, 0.1) is 0 Å². The Balaban J connectivity index is 1.74. The van der Waals surface area contributed by atoms with Gasteiger partial charge in [-0.15, -0.1) is 0 Å². The van der Waals surface area contributed by atoms with Crippen molar-refractivity contribution in [3.05, 3.63) is 59.7 Å². The summed E-state index contributed by atoms with van der Waals surface area (Å²) in [7, 11) is 1.64. The molecule has 2 aromatic carbocycles. The van der Waals surface area contributed by atoms with Crippen LogP contribution in [-0.4, -0.2) is 32.8 Å². The predicted octanol–water partition coefficient (Wildman–Crippen LogP) is 3.30. The highest BCUT2D eigenvalue weighted by atomic mass is 16.5. The second-order valence-corrected chi connectivity index (χ2v) is 5.55. The molecule has 0 radical (unpaired) electrons. The van der Waals surface area contributed by atoms with Crippen LogP contribution in [0.25, 0.3) is 0 Å². The summed E-state index contributed by atoms with van der Waals surface area (Å²) in [6.07, 6.45) is 2.03. The van der Waals surface area contributed by atoms with E-state index in [1.165, 1.54) is 5.56 Å². The molecule has 0 spiro atoms. The van der Waals surface area contributed by atoms with E-state index >= 15 is 0 Å². The zero-order chi connectivity index (χ0) is 16.1. The van der Waals surface area contributed by atoms with Gasteiger partial charge in [0.25, 0.3) is 5.91 Å². The fraction of sp³-hybridized carbons (Fsp3) is 0.316. The molecule has 0 saturated heterocycles. The molecule has 1 aliphatic heterocycles. The van der Waals surface area contributed by atoms with Crippen LogP contribution in [0.1, 0.15) is 22.3 Å². The molecule has 0 N–H and O–H groups in total. The van der Waals surface area contributed by atoms with Gasteiger partial charge >= 0.3 is 0 Å². The molecule has 4 nitrogen and oxygen atoms in total. The minimum atomic E-state index is 0.0422. The zero-order valence-corrected chi connectivity index (χ0v) is 13.3. The fourth-order valence-corrected chi connectivity index (χ4v) is 2.84. The quantitative estimate of drug-likeness (QED) is 0.795. The summed E-state index contributed by atoms with van der Waals surface area (Å²) in [5, 5.41) is 0. The monoisotopic (exact) mass is 311 g/mol. The van der Waals surface area contributed by atoms with Gasteiger partial charge in [-0.2, -0.15) is 0 Å². The van der Waals surface area contributed by atoms with Gasteiger partial charge in [-0.05, 0) is 48.7 Å². The third-order valence-corrected chi connectivity index (χ3v) is 4.01. The second-order valence-electron chi connectivity index (χ2n) is 5.55. The van der Waals surface area contributed by atoms with E-state index in [0.717, 1.165) is 30.8 Å². The molecule has 1 amide bonds. The van der Waals surface area contributed by atoms with E-state index in [1.54, 1.807) is 7.11 Å². The fourth-order valence-electron chi connectivity index (χ4n) is 2.84. The zero-order valence-electron chi connectivity index (χ0n) is 13.3. The summed E-state index contributed by atoms with van der Waals surface area (Å²) in [6, 6.07) is 15.4. The Bertz CT molecular complexity index is 667. The number of amides is 1. The molecule has 23 heavy (non-hydrogen) atoms. The van der Waals surface area contributed by atoms with Crippen molar-refractivity contribution in [2.24, 2.45) is 0 Å². The third kappa shape index (κ3) is 3.54. The summed E-state index contributed by atoms with van der Waals surface area (Å²) in [4.78, 5) is 14.7. The van der Waals surface area contributed by atoms with Gasteiger partial charge in [-0.1, -0.05) is 18.2 Å². The number of aryl methyl sites for hydroxylation is 1. The summed E-state index contributed by atoms with van der Waals surface area (Å²) < 4.78 is 10.5. The maximum Gasteiger partial charge on any atom is 0.258 e. The Morgan fingerprint density at radius 2 is 1.87 bits per heavy atom. The first kappa shape index (κ1) is 15.6. The van der Waals surface area contributed by atoms with Crippen LogP contribution in [-0.2, 0) is 11.2 Å². The number of hydrogen-bond donors (Lipinski definition) is 0. The number of anilines is 1. The predicted molar refractivity (Wildman–Crippen MR) is 90.3 cm³/mol. The average molecular weight is 311 g/mol. The van der Waals surface area contributed by atoms with E-state index in [0.29, 0.717) is 18.8 Å². The van der Waals surface area contributed by atoms with Gasteiger partial charge < -0.3 is 14.4 Å². The van der Waals surface area contributed by atoms with Gasteiger partial charge in [-0.3, -0.25) is 4.79 Å². The Morgan fingerprint density at radius 1 is 1.09 bits per heavy atom. The van der Waals surface area contributed by atoms with Crippen molar-refractivity contribution in [2.45, 2.75) is 12.8 Å². The summed E-state index contributed by atoms with van der Waals surface area (Å²) in [5.41, 5.74) is 2.96. The van der Waals surface area contributed by atoms with E-state index in [9.17, 15) is 4.79 Å². The van der Waals surface area contributed by atoms with Crippen molar-refractivity contribution in [1.29, 1.82) is 0 Å². The molecule has 0 bridgehead atoms. The molecular weight excluding hydrogens is 290 g/mol. The lowest BCUT2D eigenvalue weighted by atomic mass is 10.0. The Labute approximate surface area is 136 Å². The molecule has 1 heterocycles. The van der Waals surface area contributed by atoms with E-state index < -0.39 is 0 Å². The maximum atomic E-state index is 12.8. The summed E-state index contributed by atoms with van der Waals surface area (Å²) in [5.74, 6) is 0.790. The number of carbonyl (C=O) groups is 1. The van der Waals surface area contributed by atoms with Crippen molar-refractivity contribution in [3.8, 4) is 5.75 Å². The lowest BCUT2D eigenvalue weighted by Crippen LogP contribution is -2.35. The van der Waals surface area contributed by atoms with Gasteiger partial charge in [0.1, 0.15) is 12.4 Å². The van der Waals surface area contributed by atoms with Crippen LogP contribution >= 0.6 is 0 Å². The van der Waals surface area contributed by atoms with Gasteiger partial charge in [-0.25, -0.2) is 0 Å². The van der Waals surface area contributed by atoms with Gasteiger partial charge in [0, 0.05) is 24.9 Å². The van der Waals surface area contributed by atoms with E-state index in [2.05, 4.69) is 6.07 Å². The molecule has 0 fully saturated rings. The first-order valence-electron chi connectivity index (χ1n) is 7.91. The standard InChI is InChI=1S/C19H21NO3/c1-22-13-14-23-17-10-8-16(9-11-17)19(21)20-12-4-6-15-5-2-3-7-18(15)20/h2-3,5,7-11H,4,6,12-14H2,1H3. The van der Waals surface area contributed by atoms with Crippen LogP contribution in [0.3, 0.4) is 0 Å². The second kappa shape index (κ2) is 7.29. The highest BCUT2D eigenvalue weighted by molar-refractivity contribution is 6.06. The molecule has 0 atom stereocenters. The number of rotatable bonds is 5. The lowest BCUT2D eigenvalue weighted by Gasteiger charge is -2.29. The number of methoxy groups -OCH3 is 1. The Morgan fingerprint density at radius 3 is 2.65 bits per heavy atom. The van der Waals surface area contributed by atoms with Crippen LogP contribution in [0.15, 0.2) is 48.5 Å². The van der Waals surface area contributed by atoms with E-state index in [1.807, 2.05) is 47.4 Å². The number of benzene rings is 2. The smallest absolute Gasteiger partial charge is 0.258 e. The first-order chi connectivity index (χ1) is 11.3. The van der Waals surface area contributed by atoms with Crippen molar-refractivity contribution in [2.75, 3.05) is 31.8 Å². The van der Waals surface area contributed by atoms with Crippen molar-refractivity contribution in [1.82, 2.24) is 0 Å². The summed E-state index contributed by atoms with van der Waals surface area (Å²) >= 11 is 0. The highest BCUT2D eigenvalue weighted by Gasteiger charge is 2.23. The first-order valence-corrected chi connectivity index (χ1v) is 7.91. The molecule has 0 unspecified atom stereocenters. The van der Waals surface area contributed by atoms with Crippen LogP contribution < -0.4 is 9.64 Å². The maximum absolute atomic E-state index is 12.8. The number of nitrogens with zero attached hydrogens (tertiary/aromatic N) is 1. The van der Waals surface area contributed by atoms with Crippen molar-refractivity contribution < 1.29 is 14.3 Å². The highest BCUT2D eigenvalue weighted by Crippen LogP contribution is 2.28. The third-order valence-electron chi connectivity index (χ3n) is 4.01. The van der Waals surface area contributed by atoms with Gasteiger partial charge in [0.2, 0.25) is 0 Å². The molecule has 0 aliphatic carbocycles. The number of carbonyl (C=O) groups excluding carboxylic acids is 1. The molecule has 2 aromatic rings.